The lowest BCUT2D eigenvalue weighted by Crippen LogP contribution is -2.05. The van der Waals surface area contributed by atoms with Gasteiger partial charge in [0, 0.05) is 46.8 Å². The topological polar surface area (TPSA) is 193 Å². The number of carbonyl (C=O) groups excluding carboxylic acids is 1. The first kappa shape index (κ1) is 22.6. The predicted octanol–water partition coefficient (Wildman–Crippen LogP) is 2.72. The van der Waals surface area contributed by atoms with Gasteiger partial charge in [0.15, 0.2) is 23.9 Å². The van der Waals surface area contributed by atoms with Crippen LogP contribution in [0, 0.1) is 5.82 Å². The molecule has 3 aromatic heterocycles. The SMILES string of the molecule is CCC(=O)c1cc(-c2ncc(-c3cnn(COP(=O)(O)O)c3)c3onc(N)c23)c(F)cc1N. The second kappa shape index (κ2) is 8.37. The molecule has 0 bridgehead atoms. The molecule has 0 aliphatic carbocycles. The Morgan fingerprint density at radius 3 is 2.73 bits per heavy atom. The van der Waals surface area contributed by atoms with Crippen molar-refractivity contribution in [3.8, 4) is 22.4 Å². The van der Waals surface area contributed by atoms with Gasteiger partial charge in [-0.1, -0.05) is 12.1 Å². The maximum absolute atomic E-state index is 14.8. The molecule has 6 N–H and O–H groups in total. The van der Waals surface area contributed by atoms with Gasteiger partial charge in [-0.25, -0.2) is 13.6 Å². The van der Waals surface area contributed by atoms with Gasteiger partial charge in [-0.05, 0) is 12.1 Å². The minimum atomic E-state index is -4.68. The lowest BCUT2D eigenvalue weighted by Gasteiger charge is -2.10. The molecule has 12 nitrogen and oxygen atoms in total. The number of hydrogen-bond donors (Lipinski definition) is 4. The van der Waals surface area contributed by atoms with Crippen molar-refractivity contribution in [3.63, 3.8) is 0 Å². The number of halogens is 1. The number of benzene rings is 1. The number of nitrogen functional groups attached to an aromatic ring is 2. The Morgan fingerprint density at radius 2 is 2.03 bits per heavy atom. The van der Waals surface area contributed by atoms with Crippen LogP contribution in [0.5, 0.6) is 0 Å². The Balaban J connectivity index is 1.82. The first-order chi connectivity index (χ1) is 15.6. The zero-order valence-corrected chi connectivity index (χ0v) is 18.0. The third-order valence-electron chi connectivity index (χ3n) is 4.84. The van der Waals surface area contributed by atoms with Crippen molar-refractivity contribution < 1.29 is 32.6 Å². The van der Waals surface area contributed by atoms with E-state index in [0.717, 1.165) is 10.7 Å². The van der Waals surface area contributed by atoms with Gasteiger partial charge in [0.2, 0.25) is 0 Å². The Labute approximate surface area is 185 Å². The Kier molecular flexibility index (Phi) is 5.72. The normalized spacial score (nSPS) is 11.9. The number of fused-ring (bicyclic) bond motifs is 1. The highest BCUT2D eigenvalue weighted by Gasteiger charge is 2.23. The summed E-state index contributed by atoms with van der Waals surface area (Å²) in [6, 6.07) is 2.37. The minimum absolute atomic E-state index is 0.00168. The molecular weight excluding hydrogens is 458 g/mol. The van der Waals surface area contributed by atoms with Crippen molar-refractivity contribution in [1.82, 2.24) is 19.9 Å². The van der Waals surface area contributed by atoms with Gasteiger partial charge in [-0.15, -0.1) is 0 Å². The fourth-order valence-electron chi connectivity index (χ4n) is 3.29. The fraction of sp³-hybridized carbons (Fsp3) is 0.158. The summed E-state index contributed by atoms with van der Waals surface area (Å²) in [4.78, 5) is 34.2. The van der Waals surface area contributed by atoms with Crippen LogP contribution >= 0.6 is 7.82 Å². The van der Waals surface area contributed by atoms with Crippen molar-refractivity contribution >= 4 is 36.1 Å². The van der Waals surface area contributed by atoms with E-state index in [1.54, 1.807) is 6.92 Å². The molecule has 0 amide bonds. The number of phosphoric ester groups is 1. The van der Waals surface area contributed by atoms with E-state index in [4.69, 9.17) is 25.8 Å². The maximum Gasteiger partial charge on any atom is 0.471 e. The lowest BCUT2D eigenvalue weighted by atomic mass is 9.98. The summed E-state index contributed by atoms with van der Waals surface area (Å²) < 4.78 is 36.7. The van der Waals surface area contributed by atoms with E-state index in [9.17, 15) is 13.8 Å². The van der Waals surface area contributed by atoms with Crippen LogP contribution < -0.4 is 11.5 Å². The van der Waals surface area contributed by atoms with Gasteiger partial charge in [0.25, 0.3) is 0 Å². The first-order valence-corrected chi connectivity index (χ1v) is 11.0. The monoisotopic (exact) mass is 476 g/mol. The zero-order chi connectivity index (χ0) is 23.9. The summed E-state index contributed by atoms with van der Waals surface area (Å²) in [6.45, 7) is 1.17. The average molecular weight is 476 g/mol. The molecule has 0 fully saturated rings. The Hall–Kier alpha value is -3.64. The predicted molar refractivity (Wildman–Crippen MR) is 115 cm³/mol. The third kappa shape index (κ3) is 4.34. The molecule has 1 aromatic carbocycles. The Bertz CT molecular complexity index is 1430. The maximum atomic E-state index is 14.8. The highest BCUT2D eigenvalue weighted by Crippen LogP contribution is 2.39. The molecule has 0 radical (unpaired) electrons. The molecule has 0 aliphatic rings. The van der Waals surface area contributed by atoms with Crippen LogP contribution in [-0.2, 0) is 15.8 Å². The van der Waals surface area contributed by atoms with Crippen molar-refractivity contribution in [1.29, 1.82) is 0 Å². The minimum Gasteiger partial charge on any atom is -0.398 e. The molecule has 14 heteroatoms. The smallest absolute Gasteiger partial charge is 0.398 e. The van der Waals surface area contributed by atoms with E-state index in [0.29, 0.717) is 11.1 Å². The number of phosphoric acid groups is 1. The number of rotatable bonds is 7. The summed E-state index contributed by atoms with van der Waals surface area (Å²) in [6.07, 6.45) is 4.39. The molecule has 0 spiro atoms. The quantitative estimate of drug-likeness (QED) is 0.174. The van der Waals surface area contributed by atoms with E-state index in [-0.39, 0.29) is 51.5 Å². The number of Topliss-reactive ketones (excluding diaryl/α,β-unsaturated/α-hetero) is 1. The fourth-order valence-corrected chi connectivity index (χ4v) is 3.56. The Morgan fingerprint density at radius 1 is 1.27 bits per heavy atom. The molecule has 4 aromatic rings. The number of hydrogen-bond acceptors (Lipinski definition) is 9. The van der Waals surface area contributed by atoms with Crippen molar-refractivity contribution in [3.05, 3.63) is 42.1 Å². The number of carbonyl (C=O) groups is 1. The van der Waals surface area contributed by atoms with Crippen molar-refractivity contribution in [2.24, 2.45) is 0 Å². The largest absolute Gasteiger partial charge is 0.471 e. The molecule has 0 saturated carbocycles. The molecule has 0 atom stereocenters. The number of anilines is 2. The number of aromatic nitrogens is 4. The standard InChI is InChI=1S/C19H18FN6O6P/c1-2-15(27)11-3-10(13(20)4-14(11)21)17-16-18(32-25-19(16)22)12(6-23-17)9-5-24-26(7-9)8-31-33(28,29)30/h3-7H,2,8,21H2,1H3,(H2,22,25)(H2,28,29,30). The summed E-state index contributed by atoms with van der Waals surface area (Å²) in [5, 5.41) is 7.94. The molecular formula is C19H18FN6O6P. The first-order valence-electron chi connectivity index (χ1n) is 9.48. The average Bonchev–Trinajstić information content (AvgIpc) is 3.38. The van der Waals surface area contributed by atoms with Crippen molar-refractivity contribution in [2.75, 3.05) is 11.5 Å². The van der Waals surface area contributed by atoms with Gasteiger partial charge in [-0.3, -0.25) is 14.3 Å². The van der Waals surface area contributed by atoms with Crippen LogP contribution in [-0.4, -0.2) is 35.5 Å². The molecule has 4 rings (SSSR count). The molecule has 0 unspecified atom stereocenters. The van der Waals surface area contributed by atoms with Crippen LogP contribution in [0.3, 0.4) is 0 Å². The second-order valence-electron chi connectivity index (χ2n) is 7.01. The van der Waals surface area contributed by atoms with E-state index in [1.807, 2.05) is 0 Å². The number of ketones is 1. The van der Waals surface area contributed by atoms with Crippen molar-refractivity contribution in [2.45, 2.75) is 20.1 Å². The highest BCUT2D eigenvalue weighted by molar-refractivity contribution is 7.46. The van der Waals surface area contributed by atoms with Crippen LogP contribution in [0.25, 0.3) is 33.4 Å². The molecule has 3 heterocycles. The van der Waals surface area contributed by atoms with E-state index >= 15 is 0 Å². The van der Waals surface area contributed by atoms with Gasteiger partial charge in [0.05, 0.1) is 17.3 Å². The van der Waals surface area contributed by atoms with E-state index < -0.39 is 20.4 Å². The summed E-state index contributed by atoms with van der Waals surface area (Å²) >= 11 is 0. The molecule has 33 heavy (non-hydrogen) atoms. The van der Waals surface area contributed by atoms with Crippen LogP contribution in [0.1, 0.15) is 23.7 Å². The van der Waals surface area contributed by atoms with Gasteiger partial charge >= 0.3 is 7.82 Å². The van der Waals surface area contributed by atoms with Crippen LogP contribution in [0.2, 0.25) is 0 Å². The lowest BCUT2D eigenvalue weighted by molar-refractivity contribution is 0.0989. The molecule has 172 valence electrons. The summed E-state index contributed by atoms with van der Waals surface area (Å²) in [7, 11) is -4.68. The molecule has 0 saturated heterocycles. The van der Waals surface area contributed by atoms with Crippen LogP contribution in [0.4, 0.5) is 15.9 Å². The number of nitrogens with zero attached hydrogens (tertiary/aromatic N) is 4. The molecule has 0 aliphatic heterocycles. The van der Waals surface area contributed by atoms with E-state index in [2.05, 4.69) is 19.8 Å². The van der Waals surface area contributed by atoms with Crippen LogP contribution in [0.15, 0.2) is 35.2 Å². The summed E-state index contributed by atoms with van der Waals surface area (Å²) in [5.74, 6) is -1.01. The third-order valence-corrected chi connectivity index (χ3v) is 5.29. The summed E-state index contributed by atoms with van der Waals surface area (Å²) in [5.41, 5.74) is 13.1. The van der Waals surface area contributed by atoms with Gasteiger partial charge in [-0.2, -0.15) is 5.10 Å². The van der Waals surface area contributed by atoms with E-state index in [1.165, 1.54) is 24.7 Å². The number of nitrogens with two attached hydrogens (primary N) is 2. The van der Waals surface area contributed by atoms with Gasteiger partial charge in [0.1, 0.15) is 5.82 Å². The highest BCUT2D eigenvalue weighted by atomic mass is 31.2. The number of pyridine rings is 1. The van der Waals surface area contributed by atoms with Gasteiger partial charge < -0.3 is 25.8 Å². The second-order valence-corrected chi connectivity index (χ2v) is 8.25. The zero-order valence-electron chi connectivity index (χ0n) is 17.1.